The number of nitrogens with zero attached hydrogens (tertiary/aromatic N) is 1. The van der Waals surface area contributed by atoms with Crippen LogP contribution in [0.4, 0.5) is 0 Å². The molecule has 0 radical (unpaired) electrons. The second-order valence-corrected chi connectivity index (χ2v) is 4.58. The van der Waals surface area contributed by atoms with Gasteiger partial charge in [-0.3, -0.25) is 0 Å². The van der Waals surface area contributed by atoms with Gasteiger partial charge in [-0.1, -0.05) is 24.1 Å². The molecular formula is C13H11NS. The van der Waals surface area contributed by atoms with Crippen LogP contribution in [-0.4, -0.2) is 4.98 Å². The van der Waals surface area contributed by atoms with E-state index >= 15 is 0 Å². The van der Waals surface area contributed by atoms with Crippen molar-refractivity contribution in [3.63, 3.8) is 0 Å². The molecule has 0 aliphatic carbocycles. The van der Waals surface area contributed by atoms with Gasteiger partial charge in [-0.05, 0) is 31.4 Å². The Balaban J connectivity index is 2.30. The first-order valence-electron chi connectivity index (χ1n) is 4.76. The highest BCUT2D eigenvalue weighted by Crippen LogP contribution is 2.10. The zero-order valence-electron chi connectivity index (χ0n) is 8.74. The topological polar surface area (TPSA) is 12.9 Å². The lowest BCUT2D eigenvalue weighted by Crippen LogP contribution is -1.79. The Bertz CT molecular complexity index is 529. The van der Waals surface area contributed by atoms with Crippen molar-refractivity contribution in [3.8, 4) is 11.8 Å². The van der Waals surface area contributed by atoms with E-state index in [2.05, 4.69) is 29.8 Å². The maximum absolute atomic E-state index is 4.21. The fourth-order valence-corrected chi connectivity index (χ4v) is 1.86. The quantitative estimate of drug-likeness (QED) is 0.613. The van der Waals surface area contributed by atoms with Crippen molar-refractivity contribution < 1.29 is 0 Å². The van der Waals surface area contributed by atoms with Crippen LogP contribution in [0.3, 0.4) is 0 Å². The van der Waals surface area contributed by atoms with E-state index in [1.54, 1.807) is 11.3 Å². The van der Waals surface area contributed by atoms with E-state index in [9.17, 15) is 0 Å². The molecule has 1 aromatic heterocycles. The molecule has 0 N–H and O–H groups in total. The molecule has 2 rings (SSSR count). The molecule has 0 aliphatic rings. The number of benzene rings is 1. The molecule has 74 valence electrons. The minimum atomic E-state index is 0.885. The van der Waals surface area contributed by atoms with E-state index in [1.807, 2.05) is 31.3 Å². The van der Waals surface area contributed by atoms with Gasteiger partial charge in [0.15, 0.2) is 5.01 Å². The monoisotopic (exact) mass is 213 g/mol. The first-order valence-corrected chi connectivity index (χ1v) is 5.57. The Kier molecular flexibility index (Phi) is 2.84. The van der Waals surface area contributed by atoms with Gasteiger partial charge >= 0.3 is 0 Å². The summed E-state index contributed by atoms with van der Waals surface area (Å²) in [6.07, 6.45) is 1.85. The summed E-state index contributed by atoms with van der Waals surface area (Å²) in [7, 11) is 0. The third-order valence-electron chi connectivity index (χ3n) is 2.07. The Hall–Kier alpha value is -1.59. The van der Waals surface area contributed by atoms with Gasteiger partial charge < -0.3 is 0 Å². The first-order chi connectivity index (χ1) is 7.25. The summed E-state index contributed by atoms with van der Waals surface area (Å²) in [5.74, 6) is 6.22. The van der Waals surface area contributed by atoms with Crippen LogP contribution in [0.5, 0.6) is 0 Å². The molecule has 0 saturated carbocycles. The maximum atomic E-state index is 4.21. The molecule has 0 fully saturated rings. The molecule has 1 heterocycles. The molecule has 0 bridgehead atoms. The van der Waals surface area contributed by atoms with Gasteiger partial charge in [0.2, 0.25) is 0 Å². The van der Waals surface area contributed by atoms with Gasteiger partial charge in [0.05, 0.1) is 0 Å². The van der Waals surface area contributed by atoms with Crippen molar-refractivity contribution in [2.45, 2.75) is 13.8 Å². The fourth-order valence-electron chi connectivity index (χ4n) is 1.25. The van der Waals surface area contributed by atoms with Crippen molar-refractivity contribution in [1.29, 1.82) is 0 Å². The number of aryl methyl sites for hydroxylation is 2. The lowest BCUT2D eigenvalue weighted by molar-refractivity contribution is 1.36. The second-order valence-electron chi connectivity index (χ2n) is 3.34. The van der Waals surface area contributed by atoms with E-state index in [0.717, 1.165) is 10.6 Å². The number of rotatable bonds is 0. The van der Waals surface area contributed by atoms with Crippen molar-refractivity contribution in [1.82, 2.24) is 4.98 Å². The molecule has 15 heavy (non-hydrogen) atoms. The van der Waals surface area contributed by atoms with Crippen LogP contribution in [0.25, 0.3) is 0 Å². The van der Waals surface area contributed by atoms with E-state index in [1.165, 1.54) is 10.4 Å². The molecule has 1 aromatic carbocycles. The number of hydrogen-bond donors (Lipinski definition) is 0. The summed E-state index contributed by atoms with van der Waals surface area (Å²) >= 11 is 1.63. The Morgan fingerprint density at radius 2 is 1.93 bits per heavy atom. The molecule has 0 spiro atoms. The average molecular weight is 213 g/mol. The largest absolute Gasteiger partial charge is 0.236 e. The Morgan fingerprint density at radius 1 is 1.13 bits per heavy atom. The molecule has 0 unspecified atom stereocenters. The predicted molar refractivity (Wildman–Crippen MR) is 64.0 cm³/mol. The highest BCUT2D eigenvalue weighted by molar-refractivity contribution is 7.12. The van der Waals surface area contributed by atoms with E-state index in [-0.39, 0.29) is 0 Å². The van der Waals surface area contributed by atoms with Gasteiger partial charge in [0.25, 0.3) is 0 Å². The third kappa shape index (κ3) is 2.45. The summed E-state index contributed by atoms with van der Waals surface area (Å²) < 4.78 is 0. The number of hydrogen-bond acceptors (Lipinski definition) is 2. The molecule has 2 aromatic rings. The van der Waals surface area contributed by atoms with Gasteiger partial charge in [-0.15, -0.1) is 11.3 Å². The van der Waals surface area contributed by atoms with Crippen LogP contribution in [0, 0.1) is 25.7 Å². The zero-order chi connectivity index (χ0) is 10.7. The smallest absolute Gasteiger partial charge is 0.167 e. The average Bonchev–Trinajstić information content (AvgIpc) is 2.63. The lowest BCUT2D eigenvalue weighted by atomic mass is 10.1. The molecule has 0 aliphatic heterocycles. The maximum Gasteiger partial charge on any atom is 0.167 e. The van der Waals surface area contributed by atoms with Crippen molar-refractivity contribution >= 4 is 11.3 Å². The molecule has 0 amide bonds. The van der Waals surface area contributed by atoms with Gasteiger partial charge in [-0.25, -0.2) is 4.98 Å². The van der Waals surface area contributed by atoms with E-state index < -0.39 is 0 Å². The highest BCUT2D eigenvalue weighted by atomic mass is 32.1. The molecule has 2 heteroatoms. The summed E-state index contributed by atoms with van der Waals surface area (Å²) in [4.78, 5) is 5.40. The Labute approximate surface area is 93.8 Å². The molecular weight excluding hydrogens is 202 g/mol. The standard InChI is InChI=1S/C13H11NS/c1-10-5-3-4-6-12(10)7-8-13-14-9-11(2)15-13/h3-6,9H,1-2H3. The van der Waals surface area contributed by atoms with Crippen LogP contribution >= 0.6 is 11.3 Å². The fraction of sp³-hybridized carbons (Fsp3) is 0.154. The Morgan fingerprint density at radius 3 is 2.60 bits per heavy atom. The number of aromatic nitrogens is 1. The second kappa shape index (κ2) is 4.29. The minimum absolute atomic E-state index is 0.885. The zero-order valence-corrected chi connectivity index (χ0v) is 9.56. The van der Waals surface area contributed by atoms with Crippen LogP contribution in [0.15, 0.2) is 30.5 Å². The lowest BCUT2D eigenvalue weighted by Gasteiger charge is -1.93. The SMILES string of the molecule is Cc1cnc(C#Cc2ccccc2C)s1. The summed E-state index contributed by atoms with van der Waals surface area (Å²) in [5.41, 5.74) is 2.28. The predicted octanol–water partition coefficient (Wildman–Crippen LogP) is 3.16. The van der Waals surface area contributed by atoms with Gasteiger partial charge in [0.1, 0.15) is 0 Å². The van der Waals surface area contributed by atoms with Crippen molar-refractivity contribution in [2.75, 3.05) is 0 Å². The number of thiazole rings is 1. The van der Waals surface area contributed by atoms with Gasteiger partial charge in [-0.2, -0.15) is 0 Å². The van der Waals surface area contributed by atoms with Crippen LogP contribution in [0.1, 0.15) is 21.0 Å². The first kappa shape index (κ1) is 9.95. The van der Waals surface area contributed by atoms with E-state index in [4.69, 9.17) is 0 Å². The van der Waals surface area contributed by atoms with Crippen LogP contribution in [0.2, 0.25) is 0 Å². The molecule has 1 nitrogen and oxygen atoms in total. The van der Waals surface area contributed by atoms with Crippen molar-refractivity contribution in [2.24, 2.45) is 0 Å². The summed E-state index contributed by atoms with van der Waals surface area (Å²) in [6, 6.07) is 8.12. The molecule has 0 saturated heterocycles. The van der Waals surface area contributed by atoms with Crippen molar-refractivity contribution in [3.05, 3.63) is 51.5 Å². The van der Waals surface area contributed by atoms with Gasteiger partial charge in [0, 0.05) is 16.6 Å². The molecule has 0 atom stereocenters. The van der Waals surface area contributed by atoms with Crippen LogP contribution < -0.4 is 0 Å². The highest BCUT2D eigenvalue weighted by Gasteiger charge is 1.94. The summed E-state index contributed by atoms with van der Waals surface area (Å²) in [6.45, 7) is 4.10. The minimum Gasteiger partial charge on any atom is -0.236 e. The van der Waals surface area contributed by atoms with E-state index in [0.29, 0.717) is 0 Å². The normalized spacial score (nSPS) is 9.47. The summed E-state index contributed by atoms with van der Waals surface area (Å²) in [5, 5.41) is 0.885. The third-order valence-corrected chi connectivity index (χ3v) is 2.90. The van der Waals surface area contributed by atoms with Crippen LogP contribution in [-0.2, 0) is 0 Å².